The summed E-state index contributed by atoms with van der Waals surface area (Å²) in [6.45, 7) is -0.760. The lowest BCUT2D eigenvalue weighted by Crippen LogP contribution is -2.46. The molecule has 5 N–H and O–H groups in total. The van der Waals surface area contributed by atoms with Gasteiger partial charge in [-0.3, -0.25) is 0 Å². The molecular weight excluding hydrogens is 169 g/mol. The summed E-state index contributed by atoms with van der Waals surface area (Å²) >= 11 is 0. The summed E-state index contributed by atoms with van der Waals surface area (Å²) in [5, 5.41) is 43.5. The molecule has 72 valence electrons. The fourth-order valence-electron chi connectivity index (χ4n) is 0.618. The molecule has 0 aliphatic heterocycles. The number of carbonyl (C=O) groups is 1. The quantitative estimate of drug-likeness (QED) is 0.223. The third-order valence-electron chi connectivity index (χ3n) is 1.42. The van der Waals surface area contributed by atoms with Crippen LogP contribution in [0.3, 0.4) is 0 Å². The van der Waals surface area contributed by atoms with Gasteiger partial charge >= 0.3 is 0 Å². The van der Waals surface area contributed by atoms with Gasteiger partial charge in [0, 0.05) is 0 Å². The van der Waals surface area contributed by atoms with Crippen LogP contribution in [-0.4, -0.2) is 62.8 Å². The molecule has 0 spiro atoms. The Morgan fingerprint density at radius 1 is 1.08 bits per heavy atom. The third kappa shape index (κ3) is 2.84. The van der Waals surface area contributed by atoms with Crippen LogP contribution >= 0.6 is 0 Å². The van der Waals surface area contributed by atoms with Crippen LogP contribution in [-0.2, 0) is 4.79 Å². The normalized spacial score (nSPS) is 21.1. The highest BCUT2D eigenvalue weighted by Gasteiger charge is 2.29. The summed E-state index contributed by atoms with van der Waals surface area (Å²) < 4.78 is 0. The first-order valence-electron chi connectivity index (χ1n) is 3.33. The highest BCUT2D eigenvalue weighted by atomic mass is 16.4. The van der Waals surface area contributed by atoms with Crippen LogP contribution < -0.4 is 0 Å². The maximum absolute atomic E-state index is 9.90. The lowest BCUT2D eigenvalue weighted by molar-refractivity contribution is -0.136. The number of aliphatic hydroxyl groups excluding tert-OH is 5. The lowest BCUT2D eigenvalue weighted by atomic mass is 10.1. The summed E-state index contributed by atoms with van der Waals surface area (Å²) in [4.78, 5) is 9.90. The smallest absolute Gasteiger partial charge is 0.151 e. The van der Waals surface area contributed by atoms with E-state index in [0.29, 0.717) is 0 Å². The molecule has 0 aliphatic carbocycles. The number of carbonyl (C=O) groups excluding carboxylic acids is 1. The maximum Gasteiger partial charge on any atom is 0.151 e. The summed E-state index contributed by atoms with van der Waals surface area (Å²) in [5.74, 6) is 0. The molecule has 0 saturated carbocycles. The molecule has 12 heavy (non-hydrogen) atoms. The van der Waals surface area contributed by atoms with Crippen LogP contribution in [0.15, 0.2) is 0 Å². The molecule has 0 heterocycles. The molecule has 0 aromatic carbocycles. The second-order valence-corrected chi connectivity index (χ2v) is 2.36. The Morgan fingerprint density at radius 2 is 1.58 bits per heavy atom. The topological polar surface area (TPSA) is 118 Å². The Bertz CT molecular complexity index is 138. The van der Waals surface area contributed by atoms with E-state index < -0.39 is 31.0 Å². The number of aliphatic hydroxyl groups is 5. The third-order valence-corrected chi connectivity index (χ3v) is 1.42. The van der Waals surface area contributed by atoms with E-state index in [2.05, 4.69) is 0 Å². The van der Waals surface area contributed by atoms with Gasteiger partial charge in [-0.25, -0.2) is 0 Å². The van der Waals surface area contributed by atoms with E-state index >= 15 is 0 Å². The van der Waals surface area contributed by atoms with Gasteiger partial charge < -0.3 is 30.3 Å². The summed E-state index contributed by atoms with van der Waals surface area (Å²) in [7, 11) is 0. The molecule has 0 radical (unpaired) electrons. The Morgan fingerprint density at radius 3 is 1.92 bits per heavy atom. The molecule has 0 aromatic rings. The second-order valence-electron chi connectivity index (χ2n) is 2.36. The zero-order valence-corrected chi connectivity index (χ0v) is 6.24. The Balaban J connectivity index is 4.07. The molecule has 0 rings (SSSR count). The molecule has 0 fully saturated rings. The first kappa shape index (κ1) is 11.5. The summed E-state index contributed by atoms with van der Waals surface area (Å²) in [5.41, 5.74) is 0. The molecule has 6 heteroatoms. The van der Waals surface area contributed by atoms with Crippen molar-refractivity contribution >= 4 is 6.29 Å². The molecule has 0 unspecified atom stereocenters. The van der Waals surface area contributed by atoms with Crippen molar-refractivity contribution in [2.45, 2.75) is 24.4 Å². The average molecular weight is 181 g/mol. The van der Waals surface area contributed by atoms with Gasteiger partial charge in [-0.2, -0.15) is 0 Å². The van der Waals surface area contributed by atoms with E-state index in [1.54, 1.807) is 0 Å². The largest absolute Gasteiger partial charge is 0.394 e. The highest BCUT2D eigenvalue weighted by molar-refractivity contribution is 5.56. The first-order valence-corrected chi connectivity index (χ1v) is 3.33. The predicted octanol–water partition coefficient (Wildman–Crippen LogP) is -3.38. The molecular formula is C6H12O6. The molecule has 0 bridgehead atoms. The predicted molar refractivity (Wildman–Crippen MR) is 37.2 cm³/mol. The van der Waals surface area contributed by atoms with Crippen molar-refractivity contribution in [1.82, 2.24) is 0 Å². The van der Waals surface area contributed by atoms with Crippen LogP contribution in [0.25, 0.3) is 0 Å². The van der Waals surface area contributed by atoms with Crippen molar-refractivity contribution in [3.05, 3.63) is 0 Å². The van der Waals surface area contributed by atoms with Crippen molar-refractivity contribution in [3.63, 3.8) is 0 Å². The van der Waals surface area contributed by atoms with Crippen LogP contribution in [0.1, 0.15) is 0 Å². The first-order chi connectivity index (χ1) is 5.54. The number of hydrogen-bond donors (Lipinski definition) is 5. The van der Waals surface area contributed by atoms with E-state index in [9.17, 15) is 4.79 Å². The molecule has 0 aliphatic rings. The number of rotatable bonds is 5. The van der Waals surface area contributed by atoms with Crippen molar-refractivity contribution in [3.8, 4) is 0 Å². The van der Waals surface area contributed by atoms with Gasteiger partial charge in [-0.1, -0.05) is 0 Å². The average Bonchev–Trinajstić information content (AvgIpc) is 2.12. The van der Waals surface area contributed by atoms with Crippen LogP contribution in [0.5, 0.6) is 0 Å². The molecule has 0 saturated heterocycles. The summed E-state index contributed by atoms with van der Waals surface area (Å²) in [6, 6.07) is 0. The fraction of sp³-hybridized carbons (Fsp3) is 0.833. The molecule has 0 amide bonds. The molecule has 4 atom stereocenters. The van der Waals surface area contributed by atoms with Crippen molar-refractivity contribution in [2.75, 3.05) is 6.61 Å². The van der Waals surface area contributed by atoms with Crippen molar-refractivity contribution in [1.29, 1.82) is 0 Å². The van der Waals surface area contributed by atoms with Gasteiger partial charge in [0.1, 0.15) is 24.4 Å². The van der Waals surface area contributed by atoms with Crippen LogP contribution in [0.4, 0.5) is 0 Å². The Hall–Kier alpha value is -0.530. The number of hydrogen-bond acceptors (Lipinski definition) is 6. The Labute approximate surface area is 68.7 Å². The van der Waals surface area contributed by atoms with E-state index in [4.69, 9.17) is 25.5 Å². The van der Waals surface area contributed by atoms with Gasteiger partial charge in [0.15, 0.2) is 6.29 Å². The SMILES string of the molecule is O=[13CH][C@H](O)[C@@H](O)[C@H](O)[C@H](O)CO. The Kier molecular flexibility index (Phi) is 4.95. The van der Waals surface area contributed by atoms with E-state index in [-0.39, 0.29) is 6.29 Å². The fourth-order valence-corrected chi connectivity index (χ4v) is 0.618. The van der Waals surface area contributed by atoms with Gasteiger partial charge in [0.05, 0.1) is 6.61 Å². The highest BCUT2D eigenvalue weighted by Crippen LogP contribution is 2.02. The zero-order chi connectivity index (χ0) is 9.72. The minimum atomic E-state index is -1.79. The zero-order valence-electron chi connectivity index (χ0n) is 6.24. The summed E-state index contributed by atoms with van der Waals surface area (Å²) in [6.07, 6.45) is -6.84. The molecule has 6 nitrogen and oxygen atoms in total. The van der Waals surface area contributed by atoms with Gasteiger partial charge in [0.2, 0.25) is 0 Å². The van der Waals surface area contributed by atoms with Gasteiger partial charge in [-0.05, 0) is 0 Å². The lowest BCUT2D eigenvalue weighted by Gasteiger charge is -2.22. The van der Waals surface area contributed by atoms with Gasteiger partial charge in [0.25, 0.3) is 0 Å². The monoisotopic (exact) mass is 181 g/mol. The van der Waals surface area contributed by atoms with Crippen LogP contribution in [0.2, 0.25) is 0 Å². The second kappa shape index (κ2) is 5.18. The standard InChI is InChI=1S/C6H12O6/c7-1-3(9)5(11)6(12)4(10)2-8/h1,3-6,8-12H,2H2/t3-,4+,5+,6+/m0/s1/i1+1. The number of aldehydes is 1. The van der Waals surface area contributed by atoms with E-state index in [0.717, 1.165) is 0 Å². The van der Waals surface area contributed by atoms with Gasteiger partial charge in [-0.15, -0.1) is 0 Å². The minimum Gasteiger partial charge on any atom is -0.394 e. The van der Waals surface area contributed by atoms with Crippen LogP contribution in [0, 0.1) is 0 Å². The van der Waals surface area contributed by atoms with Crippen molar-refractivity contribution < 1.29 is 30.3 Å². The van der Waals surface area contributed by atoms with E-state index in [1.807, 2.05) is 0 Å². The minimum absolute atomic E-state index is 0.0258. The maximum atomic E-state index is 9.90. The molecule has 0 aromatic heterocycles. The van der Waals surface area contributed by atoms with Crippen molar-refractivity contribution in [2.24, 2.45) is 0 Å². The van der Waals surface area contributed by atoms with E-state index in [1.165, 1.54) is 0 Å².